The summed E-state index contributed by atoms with van der Waals surface area (Å²) in [6.07, 6.45) is -1.82. The zero-order valence-electron chi connectivity index (χ0n) is 13.0. The largest absolute Gasteiger partial charge is 0.417 e. The standard InChI is InChI=1S/C17H16ClF3N2O/c1-11-9-14(18)15(23-10-11)7-4-8-22-16(24)12-5-2-3-6-13(12)17(19,20)21/h2-3,5-6,9-10H,4,7-8H2,1H3,(H,22,24). The number of carbonyl (C=O) groups is 1. The molecule has 24 heavy (non-hydrogen) atoms. The molecule has 0 saturated carbocycles. The Labute approximate surface area is 142 Å². The van der Waals surface area contributed by atoms with E-state index in [2.05, 4.69) is 10.3 Å². The molecule has 1 aromatic heterocycles. The van der Waals surface area contributed by atoms with Gasteiger partial charge in [-0.05, 0) is 43.5 Å². The molecule has 0 aliphatic carbocycles. The van der Waals surface area contributed by atoms with Gasteiger partial charge >= 0.3 is 6.18 Å². The van der Waals surface area contributed by atoms with E-state index in [-0.39, 0.29) is 12.1 Å². The van der Waals surface area contributed by atoms with Gasteiger partial charge in [-0.25, -0.2) is 0 Å². The number of alkyl halides is 3. The second-order valence-corrected chi connectivity index (χ2v) is 5.75. The molecule has 0 aliphatic rings. The van der Waals surface area contributed by atoms with Crippen LogP contribution in [0.2, 0.25) is 5.02 Å². The van der Waals surface area contributed by atoms with Crippen LogP contribution in [0.5, 0.6) is 0 Å². The minimum atomic E-state index is -4.56. The van der Waals surface area contributed by atoms with Gasteiger partial charge in [-0.15, -0.1) is 0 Å². The number of benzene rings is 1. The average Bonchev–Trinajstić information content (AvgIpc) is 2.52. The maximum atomic E-state index is 12.9. The summed E-state index contributed by atoms with van der Waals surface area (Å²) in [4.78, 5) is 16.2. The third-order valence-electron chi connectivity index (χ3n) is 3.41. The fourth-order valence-corrected chi connectivity index (χ4v) is 2.54. The number of amides is 1. The van der Waals surface area contributed by atoms with Gasteiger partial charge in [0.15, 0.2) is 0 Å². The lowest BCUT2D eigenvalue weighted by Gasteiger charge is -2.12. The Hall–Kier alpha value is -2.08. The Bertz CT molecular complexity index is 732. The van der Waals surface area contributed by atoms with Crippen LogP contribution in [0.4, 0.5) is 13.2 Å². The van der Waals surface area contributed by atoms with Gasteiger partial charge in [0.25, 0.3) is 5.91 Å². The molecule has 0 radical (unpaired) electrons. The smallest absolute Gasteiger partial charge is 0.352 e. The van der Waals surface area contributed by atoms with Crippen molar-refractivity contribution in [3.8, 4) is 0 Å². The summed E-state index contributed by atoms with van der Waals surface area (Å²) < 4.78 is 38.7. The number of aromatic nitrogens is 1. The van der Waals surface area contributed by atoms with Crippen LogP contribution in [0.15, 0.2) is 36.5 Å². The quantitative estimate of drug-likeness (QED) is 0.805. The van der Waals surface area contributed by atoms with E-state index < -0.39 is 17.6 Å². The molecular formula is C17H16ClF3N2O. The number of hydrogen-bond donors (Lipinski definition) is 1. The van der Waals surface area contributed by atoms with Gasteiger partial charge in [0, 0.05) is 12.7 Å². The van der Waals surface area contributed by atoms with Gasteiger partial charge in [-0.1, -0.05) is 23.7 Å². The van der Waals surface area contributed by atoms with Crippen LogP contribution < -0.4 is 5.32 Å². The lowest BCUT2D eigenvalue weighted by molar-refractivity contribution is -0.137. The molecule has 1 amide bonds. The third-order valence-corrected chi connectivity index (χ3v) is 3.73. The maximum Gasteiger partial charge on any atom is 0.417 e. The molecule has 3 nitrogen and oxygen atoms in total. The van der Waals surface area contributed by atoms with Crippen molar-refractivity contribution in [2.45, 2.75) is 25.9 Å². The molecule has 1 heterocycles. The Balaban J connectivity index is 1.92. The van der Waals surface area contributed by atoms with Gasteiger partial charge in [0.2, 0.25) is 0 Å². The van der Waals surface area contributed by atoms with Gasteiger partial charge < -0.3 is 5.32 Å². The third kappa shape index (κ3) is 4.71. The summed E-state index contributed by atoms with van der Waals surface area (Å²) in [5.41, 5.74) is 0.329. The van der Waals surface area contributed by atoms with Crippen molar-refractivity contribution in [3.63, 3.8) is 0 Å². The highest BCUT2D eigenvalue weighted by Crippen LogP contribution is 2.31. The number of nitrogens with zero attached hydrogens (tertiary/aromatic N) is 1. The molecule has 1 aromatic carbocycles. The summed E-state index contributed by atoms with van der Waals surface area (Å²) in [5.74, 6) is -0.745. The monoisotopic (exact) mass is 356 g/mol. The van der Waals surface area contributed by atoms with E-state index in [1.165, 1.54) is 12.1 Å². The van der Waals surface area contributed by atoms with Crippen molar-refractivity contribution in [3.05, 3.63) is 63.9 Å². The molecular weight excluding hydrogens is 341 g/mol. The number of hydrogen-bond acceptors (Lipinski definition) is 2. The first-order valence-electron chi connectivity index (χ1n) is 7.34. The van der Waals surface area contributed by atoms with Crippen molar-refractivity contribution in [2.75, 3.05) is 6.54 Å². The molecule has 2 rings (SSSR count). The summed E-state index contributed by atoms with van der Waals surface area (Å²) in [5, 5.41) is 3.05. The van der Waals surface area contributed by atoms with E-state index in [4.69, 9.17) is 11.6 Å². The lowest BCUT2D eigenvalue weighted by atomic mass is 10.1. The topological polar surface area (TPSA) is 42.0 Å². The molecule has 0 saturated heterocycles. The van der Waals surface area contributed by atoms with Crippen LogP contribution in [-0.2, 0) is 12.6 Å². The Morgan fingerprint density at radius 3 is 2.67 bits per heavy atom. The number of nitrogens with one attached hydrogen (secondary N) is 1. The Morgan fingerprint density at radius 2 is 2.00 bits per heavy atom. The van der Waals surface area contributed by atoms with Crippen LogP contribution in [0.1, 0.15) is 33.6 Å². The van der Waals surface area contributed by atoms with Crippen molar-refractivity contribution in [2.24, 2.45) is 0 Å². The molecule has 1 N–H and O–H groups in total. The molecule has 2 aromatic rings. The van der Waals surface area contributed by atoms with Crippen LogP contribution in [-0.4, -0.2) is 17.4 Å². The van der Waals surface area contributed by atoms with Crippen LogP contribution in [0.25, 0.3) is 0 Å². The van der Waals surface area contributed by atoms with Gasteiger partial charge in [-0.2, -0.15) is 13.2 Å². The van der Waals surface area contributed by atoms with Gasteiger partial charge in [0.1, 0.15) is 0 Å². The van der Waals surface area contributed by atoms with Crippen LogP contribution >= 0.6 is 11.6 Å². The maximum absolute atomic E-state index is 12.9. The van der Waals surface area contributed by atoms with Crippen molar-refractivity contribution < 1.29 is 18.0 Å². The summed E-state index contributed by atoms with van der Waals surface area (Å²) in [6, 6.07) is 6.51. The number of rotatable bonds is 5. The van der Waals surface area contributed by atoms with Crippen molar-refractivity contribution >= 4 is 17.5 Å². The molecule has 0 aliphatic heterocycles. The normalized spacial score (nSPS) is 11.4. The second kappa shape index (κ2) is 7.66. The zero-order valence-corrected chi connectivity index (χ0v) is 13.7. The van der Waals surface area contributed by atoms with Gasteiger partial charge in [-0.3, -0.25) is 9.78 Å². The van der Waals surface area contributed by atoms with E-state index >= 15 is 0 Å². The number of aryl methyl sites for hydroxylation is 2. The first-order valence-corrected chi connectivity index (χ1v) is 7.72. The predicted molar refractivity (Wildman–Crippen MR) is 86.1 cm³/mol. The van der Waals surface area contributed by atoms with Crippen molar-refractivity contribution in [1.82, 2.24) is 10.3 Å². The van der Waals surface area contributed by atoms with E-state index in [9.17, 15) is 18.0 Å². The van der Waals surface area contributed by atoms with Gasteiger partial charge in [0.05, 0.1) is 21.8 Å². The van der Waals surface area contributed by atoms with E-state index in [0.29, 0.717) is 23.6 Å². The molecule has 0 unspecified atom stereocenters. The molecule has 128 valence electrons. The average molecular weight is 357 g/mol. The molecule has 0 bridgehead atoms. The molecule has 7 heteroatoms. The fraction of sp³-hybridized carbons (Fsp3) is 0.294. The first kappa shape index (κ1) is 18.3. The van der Waals surface area contributed by atoms with E-state index in [0.717, 1.165) is 17.7 Å². The summed E-state index contributed by atoms with van der Waals surface area (Å²) >= 11 is 6.06. The van der Waals surface area contributed by atoms with Crippen molar-refractivity contribution in [1.29, 1.82) is 0 Å². The highest BCUT2D eigenvalue weighted by molar-refractivity contribution is 6.31. The van der Waals surface area contributed by atoms with E-state index in [1.807, 2.05) is 6.92 Å². The zero-order chi connectivity index (χ0) is 17.7. The second-order valence-electron chi connectivity index (χ2n) is 5.34. The first-order chi connectivity index (χ1) is 11.3. The fourth-order valence-electron chi connectivity index (χ4n) is 2.23. The molecule has 0 spiro atoms. The number of pyridine rings is 1. The van der Waals surface area contributed by atoms with Crippen LogP contribution in [0.3, 0.4) is 0 Å². The molecule has 0 atom stereocenters. The summed E-state index contributed by atoms with van der Waals surface area (Å²) in [6.45, 7) is 2.11. The lowest BCUT2D eigenvalue weighted by Crippen LogP contribution is -2.27. The highest BCUT2D eigenvalue weighted by Gasteiger charge is 2.34. The van der Waals surface area contributed by atoms with Crippen LogP contribution in [0, 0.1) is 6.92 Å². The molecule has 0 fully saturated rings. The highest BCUT2D eigenvalue weighted by atomic mass is 35.5. The predicted octanol–water partition coefficient (Wildman–Crippen LogP) is 4.42. The SMILES string of the molecule is Cc1cnc(CCCNC(=O)c2ccccc2C(F)(F)F)c(Cl)c1. The minimum Gasteiger partial charge on any atom is -0.352 e. The number of halogens is 4. The van der Waals surface area contributed by atoms with E-state index in [1.54, 1.807) is 12.3 Å². The number of carbonyl (C=O) groups excluding carboxylic acids is 1. The minimum absolute atomic E-state index is 0.233. The Morgan fingerprint density at radius 1 is 1.29 bits per heavy atom. The Kier molecular flexibility index (Phi) is 5.83. The summed E-state index contributed by atoms with van der Waals surface area (Å²) in [7, 11) is 0.